The molecule has 0 amide bonds. The molecule has 2 nitrogen and oxygen atoms in total. The first kappa shape index (κ1) is 7.54. The second-order valence-electron chi connectivity index (χ2n) is 2.15. The Morgan fingerprint density at radius 3 is 2.55 bits per heavy atom. The van der Waals surface area contributed by atoms with Crippen LogP contribution in [0, 0.1) is 0 Å². The summed E-state index contributed by atoms with van der Waals surface area (Å²) in [5, 5.41) is 8.98. The zero-order chi connectivity index (χ0) is 8.27. The molecule has 0 bridgehead atoms. The van der Waals surface area contributed by atoms with Gasteiger partial charge in [0, 0.05) is 11.1 Å². The predicted molar refractivity (Wildman–Crippen MR) is 43.5 cm³/mol. The third kappa shape index (κ3) is 1.46. The highest BCUT2D eigenvalue weighted by molar-refractivity contribution is 5.83. The predicted octanol–water partition coefficient (Wildman–Crippen LogP) is 2.03. The van der Waals surface area contributed by atoms with Crippen LogP contribution in [0.5, 0.6) is 0 Å². The molecule has 0 aromatic heterocycles. The second kappa shape index (κ2) is 3.01. The molecule has 1 rings (SSSR count). The molecule has 0 unspecified atom stereocenters. The summed E-state index contributed by atoms with van der Waals surface area (Å²) < 4.78 is 0. The van der Waals surface area contributed by atoms with Gasteiger partial charge in [-0.05, 0) is 0 Å². The van der Waals surface area contributed by atoms with Gasteiger partial charge in [0.15, 0.2) is 6.29 Å². The molecule has 1 N–H and O–H groups in total. The summed E-state index contributed by atoms with van der Waals surface area (Å²) in [6, 6.07) is 6.75. The molecule has 0 aliphatic rings. The Labute approximate surface area is 64.8 Å². The first-order valence-corrected chi connectivity index (χ1v) is 3.18. The molecule has 0 saturated carbocycles. The van der Waals surface area contributed by atoms with Crippen LogP contribution in [0.2, 0.25) is 0 Å². The molecule has 2 heteroatoms. The van der Waals surface area contributed by atoms with E-state index in [2.05, 4.69) is 6.58 Å². The zero-order valence-corrected chi connectivity index (χ0v) is 5.95. The van der Waals surface area contributed by atoms with E-state index >= 15 is 0 Å². The number of aliphatic hydroxyl groups is 1. The van der Waals surface area contributed by atoms with Crippen molar-refractivity contribution in [1.29, 1.82) is 0 Å². The van der Waals surface area contributed by atoms with Gasteiger partial charge in [0.1, 0.15) is 5.76 Å². The van der Waals surface area contributed by atoms with Gasteiger partial charge in [-0.3, -0.25) is 4.79 Å². The molecule has 0 fully saturated rings. The third-order valence-electron chi connectivity index (χ3n) is 1.40. The van der Waals surface area contributed by atoms with Crippen LogP contribution in [0.3, 0.4) is 0 Å². The van der Waals surface area contributed by atoms with Crippen LogP contribution in [-0.2, 0) is 0 Å². The molecule has 1 aromatic carbocycles. The van der Waals surface area contributed by atoms with E-state index in [1.807, 2.05) is 0 Å². The quantitative estimate of drug-likeness (QED) is 0.514. The topological polar surface area (TPSA) is 37.3 Å². The third-order valence-corrected chi connectivity index (χ3v) is 1.40. The van der Waals surface area contributed by atoms with Crippen molar-refractivity contribution in [2.24, 2.45) is 0 Å². The molecule has 1 aromatic rings. The number of hydrogen-bond donors (Lipinski definition) is 1. The van der Waals surface area contributed by atoms with Gasteiger partial charge in [-0.25, -0.2) is 0 Å². The van der Waals surface area contributed by atoms with Crippen molar-refractivity contribution in [3.05, 3.63) is 42.0 Å². The highest BCUT2D eigenvalue weighted by atomic mass is 16.3. The van der Waals surface area contributed by atoms with Crippen molar-refractivity contribution < 1.29 is 9.90 Å². The summed E-state index contributed by atoms with van der Waals surface area (Å²) in [5.74, 6) is -0.0762. The Bertz CT molecular complexity index is 289. The summed E-state index contributed by atoms with van der Waals surface area (Å²) in [4.78, 5) is 10.4. The van der Waals surface area contributed by atoms with E-state index in [1.54, 1.807) is 24.3 Å². The fourth-order valence-corrected chi connectivity index (χ4v) is 0.863. The highest BCUT2D eigenvalue weighted by Crippen LogP contribution is 2.12. The number of carbonyl (C=O) groups is 1. The lowest BCUT2D eigenvalue weighted by atomic mass is 10.1. The van der Waals surface area contributed by atoms with E-state index in [9.17, 15) is 4.79 Å². The maximum Gasteiger partial charge on any atom is 0.150 e. The Hall–Kier alpha value is -1.57. The number of rotatable bonds is 2. The van der Waals surface area contributed by atoms with E-state index in [-0.39, 0.29) is 5.76 Å². The van der Waals surface area contributed by atoms with Crippen LogP contribution in [0.15, 0.2) is 30.8 Å². The van der Waals surface area contributed by atoms with E-state index in [4.69, 9.17) is 5.11 Å². The molecule has 0 radical (unpaired) electrons. The average molecular weight is 148 g/mol. The average Bonchev–Trinajstić information content (AvgIpc) is 2.04. The second-order valence-corrected chi connectivity index (χ2v) is 2.15. The molecular formula is C9H8O2. The first-order chi connectivity index (χ1) is 5.25. The van der Waals surface area contributed by atoms with Crippen LogP contribution in [0.4, 0.5) is 0 Å². The van der Waals surface area contributed by atoms with Gasteiger partial charge in [0.25, 0.3) is 0 Å². The fourth-order valence-electron chi connectivity index (χ4n) is 0.863. The Morgan fingerprint density at radius 1 is 1.45 bits per heavy atom. The number of hydrogen-bond acceptors (Lipinski definition) is 2. The Kier molecular flexibility index (Phi) is 2.06. The maximum atomic E-state index is 10.4. The lowest BCUT2D eigenvalue weighted by molar-refractivity contribution is 0.112. The molecule has 0 spiro atoms. The minimum atomic E-state index is -0.0762. The van der Waals surface area contributed by atoms with Gasteiger partial charge in [0.05, 0.1) is 0 Å². The van der Waals surface area contributed by atoms with E-state index < -0.39 is 0 Å². The minimum Gasteiger partial charge on any atom is -0.508 e. The van der Waals surface area contributed by atoms with Crippen LogP contribution in [0.1, 0.15) is 15.9 Å². The van der Waals surface area contributed by atoms with Crippen molar-refractivity contribution in [3.8, 4) is 0 Å². The van der Waals surface area contributed by atoms with Crippen LogP contribution >= 0.6 is 0 Å². The SMILES string of the molecule is C=C(O)c1ccccc1C=O. The molecule has 11 heavy (non-hydrogen) atoms. The summed E-state index contributed by atoms with van der Waals surface area (Å²) in [7, 11) is 0. The van der Waals surface area contributed by atoms with Crippen molar-refractivity contribution in [2.75, 3.05) is 0 Å². The largest absolute Gasteiger partial charge is 0.508 e. The monoisotopic (exact) mass is 148 g/mol. The highest BCUT2D eigenvalue weighted by Gasteiger charge is 2.00. The molecule has 0 aliphatic heterocycles. The van der Waals surface area contributed by atoms with E-state index in [1.165, 1.54) is 0 Å². The molecule has 0 atom stereocenters. The van der Waals surface area contributed by atoms with Gasteiger partial charge in [0.2, 0.25) is 0 Å². The van der Waals surface area contributed by atoms with Gasteiger partial charge in [-0.2, -0.15) is 0 Å². The number of aldehydes is 1. The van der Waals surface area contributed by atoms with E-state index in [0.29, 0.717) is 17.4 Å². The molecule has 0 saturated heterocycles. The number of benzene rings is 1. The normalized spacial score (nSPS) is 9.09. The van der Waals surface area contributed by atoms with Crippen molar-refractivity contribution in [2.45, 2.75) is 0 Å². The lowest BCUT2D eigenvalue weighted by Gasteiger charge is -1.99. The van der Waals surface area contributed by atoms with Crippen molar-refractivity contribution in [1.82, 2.24) is 0 Å². The van der Waals surface area contributed by atoms with Crippen LogP contribution in [0.25, 0.3) is 5.76 Å². The van der Waals surface area contributed by atoms with Crippen LogP contribution < -0.4 is 0 Å². The molecule has 0 aliphatic carbocycles. The first-order valence-electron chi connectivity index (χ1n) is 3.18. The van der Waals surface area contributed by atoms with Gasteiger partial charge in [-0.15, -0.1) is 0 Å². The molecular weight excluding hydrogens is 140 g/mol. The van der Waals surface area contributed by atoms with Gasteiger partial charge >= 0.3 is 0 Å². The standard InChI is InChI=1S/C9H8O2/c1-7(11)9-5-3-2-4-8(9)6-10/h2-6,11H,1H2. The van der Waals surface area contributed by atoms with Gasteiger partial charge in [-0.1, -0.05) is 30.8 Å². The summed E-state index contributed by atoms with van der Waals surface area (Å²) in [6.45, 7) is 3.33. The van der Waals surface area contributed by atoms with E-state index in [0.717, 1.165) is 0 Å². The Balaban J connectivity index is 3.22. The summed E-state index contributed by atoms with van der Waals surface area (Å²) in [5.41, 5.74) is 0.947. The fraction of sp³-hybridized carbons (Fsp3) is 0. The van der Waals surface area contributed by atoms with Crippen molar-refractivity contribution in [3.63, 3.8) is 0 Å². The van der Waals surface area contributed by atoms with Gasteiger partial charge < -0.3 is 5.11 Å². The number of aliphatic hydroxyl groups excluding tert-OH is 1. The Morgan fingerprint density at radius 2 is 2.09 bits per heavy atom. The molecule has 56 valence electrons. The minimum absolute atomic E-state index is 0.0762. The van der Waals surface area contributed by atoms with Crippen molar-refractivity contribution >= 4 is 12.0 Å². The lowest BCUT2D eigenvalue weighted by Crippen LogP contribution is -1.88. The van der Waals surface area contributed by atoms with Crippen LogP contribution in [-0.4, -0.2) is 11.4 Å². The summed E-state index contributed by atoms with van der Waals surface area (Å²) >= 11 is 0. The molecule has 0 heterocycles. The summed E-state index contributed by atoms with van der Waals surface area (Å²) in [6.07, 6.45) is 0.691. The number of carbonyl (C=O) groups excluding carboxylic acids is 1. The maximum absolute atomic E-state index is 10.4. The smallest absolute Gasteiger partial charge is 0.150 e. The zero-order valence-electron chi connectivity index (χ0n) is 5.95.